The Bertz CT molecular complexity index is 1150. The zero-order valence-corrected chi connectivity index (χ0v) is 22.7. The summed E-state index contributed by atoms with van der Waals surface area (Å²) in [6, 6.07) is 31.5. The first-order valence-electron chi connectivity index (χ1n) is 11.3. The van der Waals surface area contributed by atoms with Gasteiger partial charge in [0, 0.05) is 38.1 Å². The highest BCUT2D eigenvalue weighted by Crippen LogP contribution is 2.51. The first-order valence-corrected chi connectivity index (χ1v) is 13.8. The molecule has 0 fully saturated rings. The van der Waals surface area contributed by atoms with Crippen molar-refractivity contribution >= 4 is 54.9 Å². The normalized spacial score (nSPS) is 13.9. The molecule has 0 saturated heterocycles. The van der Waals surface area contributed by atoms with Gasteiger partial charge in [-0.3, -0.25) is 4.57 Å². The van der Waals surface area contributed by atoms with E-state index in [0.29, 0.717) is 32.7 Å². The Labute approximate surface area is 228 Å². The third-order valence-corrected chi connectivity index (χ3v) is 8.11. The minimum atomic E-state index is -0.198. The van der Waals surface area contributed by atoms with Gasteiger partial charge in [-0.25, -0.2) is 0 Å². The van der Waals surface area contributed by atoms with Crippen LogP contribution in [0.1, 0.15) is 40.5 Å². The lowest BCUT2D eigenvalue weighted by molar-refractivity contribution is 0.405. The lowest BCUT2D eigenvalue weighted by atomic mass is 9.68. The van der Waals surface area contributed by atoms with Crippen molar-refractivity contribution in [3.05, 3.63) is 139 Å². The highest BCUT2D eigenvalue weighted by molar-refractivity contribution is 7.23. The van der Waals surface area contributed by atoms with Crippen molar-refractivity contribution in [3.8, 4) is 0 Å². The molecule has 0 saturated carbocycles. The van der Waals surface area contributed by atoms with E-state index in [0.717, 1.165) is 22.3 Å². The molecule has 0 amide bonds. The maximum absolute atomic E-state index is 11.8. The molecule has 0 bridgehead atoms. The predicted octanol–water partition coefficient (Wildman–Crippen LogP) is 10.6. The largest absolute Gasteiger partial charge is 0.275 e. The zero-order chi connectivity index (χ0) is 24.8. The molecule has 6 heteroatoms. The molecular formula is C29H23Cl4OP. The van der Waals surface area contributed by atoms with Crippen molar-refractivity contribution in [3.63, 3.8) is 0 Å². The van der Waals surface area contributed by atoms with E-state index in [1.807, 2.05) is 72.8 Å². The van der Waals surface area contributed by atoms with Crippen molar-refractivity contribution in [1.82, 2.24) is 0 Å². The van der Waals surface area contributed by atoms with Gasteiger partial charge >= 0.3 is 0 Å². The van der Waals surface area contributed by atoms with Crippen LogP contribution in [-0.2, 0) is 4.57 Å². The highest BCUT2D eigenvalue weighted by Gasteiger charge is 2.37. The summed E-state index contributed by atoms with van der Waals surface area (Å²) in [6.45, 7) is 0. The summed E-state index contributed by atoms with van der Waals surface area (Å²) in [5.74, 6) is -0.496. The van der Waals surface area contributed by atoms with Gasteiger partial charge in [0.1, 0.15) is 0 Å². The molecule has 0 heterocycles. The second kappa shape index (κ2) is 12.4. The van der Waals surface area contributed by atoms with E-state index in [9.17, 15) is 4.57 Å². The second-order valence-electron chi connectivity index (χ2n) is 8.35. The molecule has 178 valence electrons. The van der Waals surface area contributed by atoms with Crippen LogP contribution in [-0.4, -0.2) is 6.16 Å². The van der Waals surface area contributed by atoms with Crippen LogP contribution in [0.25, 0.3) is 0 Å². The zero-order valence-electron chi connectivity index (χ0n) is 18.8. The molecule has 0 aliphatic carbocycles. The van der Waals surface area contributed by atoms with Crippen molar-refractivity contribution < 1.29 is 4.57 Å². The summed E-state index contributed by atoms with van der Waals surface area (Å²) in [5.41, 5.74) is 3.83. The molecule has 0 spiro atoms. The van der Waals surface area contributed by atoms with Crippen LogP contribution < -0.4 is 0 Å². The van der Waals surface area contributed by atoms with E-state index in [4.69, 9.17) is 46.4 Å². The Hall–Kier alpha value is -1.86. The van der Waals surface area contributed by atoms with E-state index in [2.05, 4.69) is 24.3 Å². The molecule has 0 aromatic heterocycles. The minimum Gasteiger partial charge on any atom is -0.275 e. The number of hydrogen-bond acceptors (Lipinski definition) is 1. The first-order chi connectivity index (χ1) is 17.0. The van der Waals surface area contributed by atoms with Crippen molar-refractivity contribution in [2.75, 3.05) is 6.16 Å². The minimum absolute atomic E-state index is 0.0771. The van der Waals surface area contributed by atoms with Crippen molar-refractivity contribution in [2.24, 2.45) is 5.92 Å². The SMILES string of the molecule is O=PCCC(C(c1ccccc1)c1c(Cl)cccc1Cl)C(c1ccccc1)c1c(Cl)cccc1Cl. The van der Waals surface area contributed by atoms with Crippen LogP contribution in [0.4, 0.5) is 0 Å². The van der Waals surface area contributed by atoms with Gasteiger partial charge in [-0.15, -0.1) is 0 Å². The molecule has 1 nitrogen and oxygen atoms in total. The average Bonchev–Trinajstić information content (AvgIpc) is 2.87. The van der Waals surface area contributed by atoms with Gasteiger partial charge in [-0.05, 0) is 58.9 Å². The molecule has 0 aliphatic rings. The van der Waals surface area contributed by atoms with E-state index >= 15 is 0 Å². The predicted molar refractivity (Wildman–Crippen MR) is 150 cm³/mol. The molecule has 2 atom stereocenters. The Morgan fingerprint density at radius 2 is 0.914 bits per heavy atom. The fourth-order valence-electron chi connectivity index (χ4n) is 4.92. The molecule has 2 unspecified atom stereocenters. The van der Waals surface area contributed by atoms with Gasteiger partial charge in [-0.1, -0.05) is 119 Å². The van der Waals surface area contributed by atoms with Crippen molar-refractivity contribution in [1.29, 1.82) is 0 Å². The van der Waals surface area contributed by atoms with Crippen LogP contribution in [0.5, 0.6) is 0 Å². The quantitative estimate of drug-likeness (QED) is 0.186. The Morgan fingerprint density at radius 3 is 1.26 bits per heavy atom. The third kappa shape index (κ3) is 5.93. The summed E-state index contributed by atoms with van der Waals surface area (Å²) in [7, 11) is 0.0771. The molecule has 0 aliphatic heterocycles. The monoisotopic (exact) mass is 558 g/mol. The van der Waals surface area contributed by atoms with E-state index in [1.165, 1.54) is 0 Å². The van der Waals surface area contributed by atoms with Gasteiger partial charge in [0.2, 0.25) is 0 Å². The van der Waals surface area contributed by atoms with E-state index in [-0.39, 0.29) is 26.2 Å². The first kappa shape index (κ1) is 26.2. The molecular weight excluding hydrogens is 537 g/mol. The lowest BCUT2D eigenvalue weighted by Gasteiger charge is -2.36. The summed E-state index contributed by atoms with van der Waals surface area (Å²) < 4.78 is 11.8. The summed E-state index contributed by atoms with van der Waals surface area (Å²) in [5, 5.41) is 2.36. The van der Waals surface area contributed by atoms with Crippen molar-refractivity contribution in [2.45, 2.75) is 18.3 Å². The second-order valence-corrected chi connectivity index (χ2v) is 10.7. The highest BCUT2D eigenvalue weighted by atomic mass is 35.5. The lowest BCUT2D eigenvalue weighted by Crippen LogP contribution is -2.25. The molecule has 4 aromatic rings. The van der Waals surface area contributed by atoms with Gasteiger partial charge in [0.25, 0.3) is 0 Å². The fourth-order valence-corrected chi connectivity index (χ4v) is 6.59. The van der Waals surface area contributed by atoms with Crippen LogP contribution in [0.2, 0.25) is 20.1 Å². The van der Waals surface area contributed by atoms with Gasteiger partial charge in [-0.2, -0.15) is 0 Å². The average molecular weight is 560 g/mol. The molecule has 4 aromatic carbocycles. The number of rotatable bonds is 9. The summed E-state index contributed by atoms with van der Waals surface area (Å²) >= 11 is 27.2. The van der Waals surface area contributed by atoms with E-state index in [1.54, 1.807) is 0 Å². The van der Waals surface area contributed by atoms with Gasteiger partial charge in [0.05, 0.1) is 0 Å². The Kier molecular flexibility index (Phi) is 9.28. The summed E-state index contributed by atoms with van der Waals surface area (Å²) in [6.07, 6.45) is 1.11. The van der Waals surface area contributed by atoms with Crippen LogP contribution in [0.3, 0.4) is 0 Å². The summed E-state index contributed by atoms with van der Waals surface area (Å²) in [4.78, 5) is 0. The third-order valence-electron chi connectivity index (χ3n) is 6.35. The van der Waals surface area contributed by atoms with Crippen LogP contribution in [0, 0.1) is 5.92 Å². The van der Waals surface area contributed by atoms with Gasteiger partial charge in [0.15, 0.2) is 8.46 Å². The van der Waals surface area contributed by atoms with Crippen LogP contribution >= 0.6 is 54.9 Å². The Morgan fingerprint density at radius 1 is 0.543 bits per heavy atom. The molecule has 35 heavy (non-hydrogen) atoms. The van der Waals surface area contributed by atoms with Gasteiger partial charge < -0.3 is 0 Å². The number of halogens is 4. The fraction of sp³-hybridized carbons (Fsp3) is 0.172. The maximum atomic E-state index is 11.8. The molecule has 0 N–H and O–H groups in total. The smallest absolute Gasteiger partial charge is 0.155 e. The van der Waals surface area contributed by atoms with Crippen LogP contribution in [0.15, 0.2) is 97.1 Å². The Balaban J connectivity index is 2.03. The molecule has 4 rings (SSSR count). The van der Waals surface area contributed by atoms with E-state index < -0.39 is 0 Å². The maximum Gasteiger partial charge on any atom is 0.155 e. The molecule has 0 radical (unpaired) electrons. The number of hydrogen-bond donors (Lipinski definition) is 0. The standard InChI is InChI=1S/C29H23Cl4OP/c30-22-13-7-14-23(31)28(22)26(19-9-3-1-4-10-19)21(17-18-35-34)27(20-11-5-2-6-12-20)29-24(32)15-8-16-25(29)33/h1-16,21,26-27H,17-18H2. The number of benzene rings is 4. The topological polar surface area (TPSA) is 17.1 Å².